The Bertz CT molecular complexity index is 1570. The monoisotopic (exact) mass is 525 g/mol. The molecule has 0 radical (unpaired) electrons. The maximum absolute atomic E-state index is 13.3. The van der Waals surface area contributed by atoms with Crippen LogP contribution in [0.5, 0.6) is 0 Å². The van der Waals surface area contributed by atoms with E-state index in [1.807, 2.05) is 61.5 Å². The van der Waals surface area contributed by atoms with Crippen LogP contribution >= 0.6 is 11.6 Å². The Hall–Kier alpha value is -3.74. The van der Waals surface area contributed by atoms with Crippen LogP contribution in [0.15, 0.2) is 77.6 Å². The number of H-pyrrole nitrogens is 1. The summed E-state index contributed by atoms with van der Waals surface area (Å²) in [6, 6.07) is 23.2. The number of carbonyl (C=O) groups is 1. The highest BCUT2D eigenvalue weighted by molar-refractivity contribution is 6.31. The predicted octanol–water partition coefficient (Wildman–Crippen LogP) is 5.10. The number of halogens is 1. The lowest BCUT2D eigenvalue weighted by Crippen LogP contribution is -2.42. The number of carbonyl (C=O) groups excluding carboxylic acids is 1. The number of aromatic nitrogens is 2. The van der Waals surface area contributed by atoms with Gasteiger partial charge in [-0.05, 0) is 65.8 Å². The first-order valence-electron chi connectivity index (χ1n) is 12.9. The topological polar surface area (TPSA) is 86.3 Å². The molecule has 3 aromatic carbocycles. The third kappa shape index (κ3) is 4.44. The molecule has 0 saturated heterocycles. The van der Waals surface area contributed by atoms with E-state index in [4.69, 9.17) is 16.6 Å². The molecular formula is C31H28ClN3O3. The minimum absolute atomic E-state index is 0.124. The van der Waals surface area contributed by atoms with Crippen LogP contribution < -0.4 is 5.56 Å². The summed E-state index contributed by atoms with van der Waals surface area (Å²) < 4.78 is 0. The summed E-state index contributed by atoms with van der Waals surface area (Å²) in [5, 5.41) is 11.6. The normalized spacial score (nSPS) is 16.6. The summed E-state index contributed by atoms with van der Waals surface area (Å²) in [5.74, 6) is 0.279. The van der Waals surface area contributed by atoms with Crippen molar-refractivity contribution in [2.75, 3.05) is 6.54 Å². The Morgan fingerprint density at radius 1 is 1.05 bits per heavy atom. The average Bonchev–Trinajstić information content (AvgIpc) is 3.74. The molecule has 1 aliphatic carbocycles. The zero-order chi connectivity index (χ0) is 26.4. The quantitative estimate of drug-likeness (QED) is 0.380. The minimum atomic E-state index is -1.34. The molecule has 2 N–H and O–H groups in total. The van der Waals surface area contributed by atoms with Gasteiger partial charge in [-0.15, -0.1) is 0 Å². The van der Waals surface area contributed by atoms with E-state index in [0.29, 0.717) is 34.9 Å². The summed E-state index contributed by atoms with van der Waals surface area (Å²) in [7, 11) is 0. The summed E-state index contributed by atoms with van der Waals surface area (Å²) in [6.07, 6.45) is 1.03. The van der Waals surface area contributed by atoms with Gasteiger partial charge in [-0.25, -0.2) is 4.98 Å². The van der Waals surface area contributed by atoms with Gasteiger partial charge in [0.05, 0.1) is 23.2 Å². The van der Waals surface area contributed by atoms with Crippen molar-refractivity contribution in [1.82, 2.24) is 14.9 Å². The Balaban J connectivity index is 1.23. The van der Waals surface area contributed by atoms with Gasteiger partial charge in [0.2, 0.25) is 0 Å². The molecule has 1 saturated carbocycles. The van der Waals surface area contributed by atoms with Gasteiger partial charge >= 0.3 is 0 Å². The Labute approximate surface area is 225 Å². The molecule has 7 heteroatoms. The summed E-state index contributed by atoms with van der Waals surface area (Å²) in [5.41, 5.74) is 5.26. The number of hydrogen-bond donors (Lipinski definition) is 2. The van der Waals surface area contributed by atoms with Crippen molar-refractivity contribution in [3.05, 3.63) is 122 Å². The molecule has 0 spiro atoms. The molecule has 2 aliphatic rings. The van der Waals surface area contributed by atoms with Crippen LogP contribution in [0.25, 0.3) is 11.1 Å². The number of fused-ring (bicyclic) bond motifs is 1. The van der Waals surface area contributed by atoms with E-state index in [-0.39, 0.29) is 17.5 Å². The van der Waals surface area contributed by atoms with Crippen LogP contribution in [0.1, 0.15) is 52.7 Å². The van der Waals surface area contributed by atoms with Crippen molar-refractivity contribution in [2.45, 2.75) is 44.2 Å². The van der Waals surface area contributed by atoms with Gasteiger partial charge in [-0.2, -0.15) is 0 Å². The van der Waals surface area contributed by atoms with E-state index in [0.717, 1.165) is 40.8 Å². The van der Waals surface area contributed by atoms with Crippen molar-refractivity contribution in [1.29, 1.82) is 0 Å². The second-order valence-corrected chi connectivity index (χ2v) is 10.8. The molecule has 38 heavy (non-hydrogen) atoms. The van der Waals surface area contributed by atoms with Crippen LogP contribution in [0, 0.1) is 6.92 Å². The highest BCUT2D eigenvalue weighted by atomic mass is 35.5. The SMILES string of the molecule is Cc1cc(Cl)cc(-c2cccc([C@@H](O)C(=O)N3CCc4nc(C5(c6ccccc6)CC5)[nH]c(=O)c4C3)c2)c1. The van der Waals surface area contributed by atoms with Crippen molar-refractivity contribution < 1.29 is 9.90 Å². The number of hydrogen-bond acceptors (Lipinski definition) is 4. The molecule has 192 valence electrons. The molecule has 1 atom stereocenters. The van der Waals surface area contributed by atoms with E-state index in [2.05, 4.69) is 17.1 Å². The fourth-order valence-corrected chi connectivity index (χ4v) is 5.78. The van der Waals surface area contributed by atoms with Crippen molar-refractivity contribution >= 4 is 17.5 Å². The van der Waals surface area contributed by atoms with Gasteiger partial charge in [-0.3, -0.25) is 9.59 Å². The maximum atomic E-state index is 13.3. The molecule has 1 amide bonds. The second-order valence-electron chi connectivity index (χ2n) is 10.3. The van der Waals surface area contributed by atoms with Gasteiger partial charge in [0, 0.05) is 18.0 Å². The Kier molecular flexibility index (Phi) is 6.17. The summed E-state index contributed by atoms with van der Waals surface area (Å²) in [4.78, 5) is 35.9. The lowest BCUT2D eigenvalue weighted by molar-refractivity contribution is -0.141. The first kappa shape index (κ1) is 24.6. The second kappa shape index (κ2) is 9.53. The van der Waals surface area contributed by atoms with Crippen molar-refractivity contribution in [2.24, 2.45) is 0 Å². The van der Waals surface area contributed by atoms with Gasteiger partial charge in [0.1, 0.15) is 5.82 Å². The minimum Gasteiger partial charge on any atom is -0.378 e. The van der Waals surface area contributed by atoms with E-state index >= 15 is 0 Å². The smallest absolute Gasteiger partial charge is 0.256 e. The molecule has 1 aliphatic heterocycles. The largest absolute Gasteiger partial charge is 0.378 e. The number of amides is 1. The van der Waals surface area contributed by atoms with Gasteiger partial charge in [-0.1, -0.05) is 66.2 Å². The molecule has 1 aromatic heterocycles. The van der Waals surface area contributed by atoms with Crippen LogP contribution in [0.3, 0.4) is 0 Å². The highest BCUT2D eigenvalue weighted by Gasteiger charge is 2.48. The zero-order valence-corrected chi connectivity index (χ0v) is 21.8. The van der Waals surface area contributed by atoms with Crippen molar-refractivity contribution in [3.8, 4) is 11.1 Å². The highest BCUT2D eigenvalue weighted by Crippen LogP contribution is 2.52. The third-order valence-corrected chi connectivity index (χ3v) is 7.94. The Morgan fingerprint density at radius 3 is 2.58 bits per heavy atom. The summed E-state index contributed by atoms with van der Waals surface area (Å²) >= 11 is 6.23. The molecule has 4 aromatic rings. The van der Waals surface area contributed by atoms with Crippen LogP contribution in [-0.2, 0) is 23.2 Å². The first-order chi connectivity index (χ1) is 18.3. The predicted molar refractivity (Wildman–Crippen MR) is 147 cm³/mol. The van der Waals surface area contributed by atoms with Gasteiger partial charge in [0.25, 0.3) is 11.5 Å². The number of aliphatic hydroxyl groups is 1. The van der Waals surface area contributed by atoms with E-state index in [1.54, 1.807) is 11.0 Å². The average molecular weight is 526 g/mol. The summed E-state index contributed by atoms with van der Waals surface area (Å²) in [6.45, 7) is 2.49. The maximum Gasteiger partial charge on any atom is 0.256 e. The number of benzene rings is 3. The standard InChI is InChI=1S/C31H28ClN3O3/c1-19-14-22(17-24(32)15-19)20-6-5-7-21(16-20)27(36)29(38)35-13-10-26-25(18-35)28(37)34-30(33-26)31(11-12-31)23-8-3-2-4-9-23/h2-9,14-17,27,36H,10-13,18H2,1H3,(H,33,34,37)/t27-/m1/s1. The number of aliphatic hydroxyl groups excluding tert-OH is 1. The Morgan fingerprint density at radius 2 is 1.84 bits per heavy atom. The van der Waals surface area contributed by atoms with Gasteiger partial charge < -0.3 is 15.0 Å². The van der Waals surface area contributed by atoms with Crippen LogP contribution in [-0.4, -0.2) is 32.4 Å². The van der Waals surface area contributed by atoms with E-state index in [1.165, 1.54) is 0 Å². The number of aromatic amines is 1. The number of nitrogens with zero attached hydrogens (tertiary/aromatic N) is 2. The fraction of sp³-hybridized carbons (Fsp3) is 0.258. The fourth-order valence-electron chi connectivity index (χ4n) is 5.49. The van der Waals surface area contributed by atoms with E-state index in [9.17, 15) is 14.7 Å². The first-order valence-corrected chi connectivity index (χ1v) is 13.2. The van der Waals surface area contributed by atoms with E-state index < -0.39 is 12.0 Å². The number of nitrogens with one attached hydrogen (secondary N) is 1. The molecule has 6 rings (SSSR count). The lowest BCUT2D eigenvalue weighted by atomic mass is 9.94. The molecule has 2 heterocycles. The van der Waals surface area contributed by atoms with Gasteiger partial charge in [0.15, 0.2) is 6.10 Å². The molecule has 6 nitrogen and oxygen atoms in total. The molecule has 0 unspecified atom stereocenters. The zero-order valence-electron chi connectivity index (χ0n) is 21.1. The lowest BCUT2D eigenvalue weighted by Gasteiger charge is -2.30. The van der Waals surface area contributed by atoms with Crippen LogP contribution in [0.4, 0.5) is 0 Å². The van der Waals surface area contributed by atoms with Crippen molar-refractivity contribution in [3.63, 3.8) is 0 Å². The number of aryl methyl sites for hydroxylation is 1. The van der Waals surface area contributed by atoms with Crippen LogP contribution in [0.2, 0.25) is 5.02 Å². The molecular weight excluding hydrogens is 498 g/mol. The molecule has 0 bridgehead atoms. The molecule has 1 fully saturated rings. The number of rotatable bonds is 5. The third-order valence-electron chi connectivity index (χ3n) is 7.72.